The molecule has 5 aromatic carbocycles. The summed E-state index contributed by atoms with van der Waals surface area (Å²) in [6, 6.07) is 31.0. The molecule has 1 aromatic heterocycles. The number of nitrogens with zero attached hydrogens (tertiary/aromatic N) is 3. The minimum atomic E-state index is -4.86. The molecule has 0 bridgehead atoms. The molecule has 292 valence electrons. The number of hydrogen-bond acceptors (Lipinski definition) is 9. The monoisotopic (exact) mass is 811 g/mol. The fourth-order valence-corrected chi connectivity index (χ4v) is 8.45. The van der Waals surface area contributed by atoms with Gasteiger partial charge >= 0.3 is 6.18 Å². The summed E-state index contributed by atoms with van der Waals surface area (Å²) < 4.78 is 70.2. The number of carbonyl (C=O) groups is 2. The molecule has 2 heterocycles. The lowest BCUT2D eigenvalue weighted by molar-refractivity contribution is -0.137. The van der Waals surface area contributed by atoms with Crippen LogP contribution >= 0.6 is 11.8 Å². The molecule has 15 heteroatoms. The van der Waals surface area contributed by atoms with Gasteiger partial charge in [0.05, 0.1) is 16.7 Å². The van der Waals surface area contributed by atoms with Gasteiger partial charge in [-0.15, -0.1) is 11.8 Å². The summed E-state index contributed by atoms with van der Waals surface area (Å²) in [6.07, 6.45) is -1.84. The van der Waals surface area contributed by atoms with Gasteiger partial charge < -0.3 is 20.2 Å². The van der Waals surface area contributed by atoms with Crippen LogP contribution in [-0.4, -0.2) is 73.7 Å². The van der Waals surface area contributed by atoms with Crippen molar-refractivity contribution in [3.63, 3.8) is 0 Å². The standard InChI is InChI=1S/C42H36F3N5O5S2/c43-42(44,45)38-25-33(14-17-39(38)47-18-23-56-32-6-2-1-3-7-32)57(54,55)48-40(52)28-10-12-30(13-11-28)49-19-21-50(22-20-49)41(53)37-16-15-34(29-24-31(51)27-46-26-29)35-8-4-5-9-36(35)37/h1-17,24-27,47,51H,18-23H2,(H,48,52). The number of hydrogen-bond donors (Lipinski definition) is 3. The van der Waals surface area contributed by atoms with Crippen molar-refractivity contribution < 1.29 is 36.3 Å². The van der Waals surface area contributed by atoms with Crippen LogP contribution in [0.5, 0.6) is 5.75 Å². The molecule has 1 fully saturated rings. The Balaban J connectivity index is 0.966. The summed E-state index contributed by atoms with van der Waals surface area (Å²) in [4.78, 5) is 35.0. The quantitative estimate of drug-likeness (QED) is 0.0883. The van der Waals surface area contributed by atoms with Crippen LogP contribution in [0.25, 0.3) is 21.9 Å². The Morgan fingerprint density at radius 1 is 0.807 bits per heavy atom. The molecule has 10 nitrogen and oxygen atoms in total. The van der Waals surface area contributed by atoms with Crippen LogP contribution in [0.1, 0.15) is 26.3 Å². The third-order valence-corrected chi connectivity index (χ3v) is 11.9. The van der Waals surface area contributed by atoms with Crippen molar-refractivity contribution >= 4 is 55.7 Å². The molecule has 2 amide bonds. The SMILES string of the molecule is O=C(NS(=O)(=O)c1ccc(NCCSc2ccccc2)c(C(F)(F)F)c1)c1ccc(N2CCN(C(=O)c3ccc(-c4cncc(O)c4)c4ccccc34)CC2)cc1. The predicted octanol–water partition coefficient (Wildman–Crippen LogP) is 7.91. The van der Waals surface area contributed by atoms with E-state index in [0.717, 1.165) is 44.6 Å². The zero-order valence-corrected chi connectivity index (χ0v) is 31.9. The number of piperazine rings is 1. The highest BCUT2D eigenvalue weighted by Crippen LogP contribution is 2.37. The van der Waals surface area contributed by atoms with E-state index >= 15 is 0 Å². The van der Waals surface area contributed by atoms with Gasteiger partial charge in [0, 0.05) is 77.6 Å². The van der Waals surface area contributed by atoms with Gasteiger partial charge in [-0.05, 0) is 83.1 Å². The number of alkyl halides is 3. The molecule has 0 unspecified atom stereocenters. The number of amides is 2. The largest absolute Gasteiger partial charge is 0.506 e. The predicted molar refractivity (Wildman–Crippen MR) is 215 cm³/mol. The Hall–Kier alpha value is -6.06. The van der Waals surface area contributed by atoms with Gasteiger partial charge in [0.25, 0.3) is 21.8 Å². The van der Waals surface area contributed by atoms with E-state index in [-0.39, 0.29) is 29.5 Å². The van der Waals surface area contributed by atoms with Gasteiger partial charge in [-0.1, -0.05) is 48.5 Å². The van der Waals surface area contributed by atoms with E-state index in [2.05, 4.69) is 10.3 Å². The molecular weight excluding hydrogens is 776 g/mol. The highest BCUT2D eigenvalue weighted by atomic mass is 32.2. The van der Waals surface area contributed by atoms with Crippen LogP contribution in [0.4, 0.5) is 24.5 Å². The number of benzene rings is 5. The van der Waals surface area contributed by atoms with Gasteiger partial charge in [0.1, 0.15) is 5.75 Å². The summed E-state index contributed by atoms with van der Waals surface area (Å²) in [5, 5.41) is 14.3. The number of aromatic hydroxyl groups is 1. The first-order valence-electron chi connectivity index (χ1n) is 17.9. The average Bonchev–Trinajstić information content (AvgIpc) is 3.21. The number of nitrogens with one attached hydrogen (secondary N) is 2. The van der Waals surface area contributed by atoms with Crippen LogP contribution < -0.4 is 14.9 Å². The molecule has 1 aliphatic heterocycles. The minimum absolute atomic E-state index is 0.00166. The number of sulfonamides is 1. The summed E-state index contributed by atoms with van der Waals surface area (Å²) >= 11 is 1.46. The number of anilines is 2. The summed E-state index contributed by atoms with van der Waals surface area (Å²) in [5.74, 6) is -0.599. The third-order valence-electron chi connectivity index (χ3n) is 9.51. The van der Waals surface area contributed by atoms with E-state index in [1.807, 2.05) is 70.3 Å². The zero-order chi connectivity index (χ0) is 40.2. The maximum absolute atomic E-state index is 14.0. The van der Waals surface area contributed by atoms with E-state index in [1.54, 1.807) is 35.4 Å². The molecule has 0 saturated carbocycles. The molecule has 7 rings (SSSR count). The third kappa shape index (κ3) is 9.00. The molecular formula is C42H36F3N5O5S2. The van der Waals surface area contributed by atoms with E-state index in [0.29, 0.717) is 43.6 Å². The second-order valence-electron chi connectivity index (χ2n) is 13.2. The van der Waals surface area contributed by atoms with Crippen LogP contribution in [0.2, 0.25) is 0 Å². The van der Waals surface area contributed by atoms with E-state index in [4.69, 9.17) is 0 Å². The second kappa shape index (κ2) is 16.6. The Bertz CT molecular complexity index is 2530. The molecule has 6 aromatic rings. The number of fused-ring (bicyclic) bond motifs is 1. The van der Waals surface area contributed by atoms with Crippen LogP contribution in [0.15, 0.2) is 137 Å². The van der Waals surface area contributed by atoms with Crippen LogP contribution in [0.3, 0.4) is 0 Å². The first kappa shape index (κ1) is 39.2. The van der Waals surface area contributed by atoms with Crippen molar-refractivity contribution in [1.29, 1.82) is 0 Å². The first-order valence-corrected chi connectivity index (χ1v) is 20.3. The molecule has 0 aliphatic carbocycles. The molecule has 1 saturated heterocycles. The van der Waals surface area contributed by atoms with Crippen molar-refractivity contribution in [3.05, 3.63) is 144 Å². The van der Waals surface area contributed by atoms with Crippen LogP contribution in [0, 0.1) is 0 Å². The Kier molecular flexibility index (Phi) is 11.4. The van der Waals surface area contributed by atoms with Gasteiger partial charge in [-0.2, -0.15) is 13.2 Å². The lowest BCUT2D eigenvalue weighted by Gasteiger charge is -2.36. The summed E-state index contributed by atoms with van der Waals surface area (Å²) in [7, 11) is -4.66. The van der Waals surface area contributed by atoms with Crippen LogP contribution in [-0.2, 0) is 16.2 Å². The maximum atomic E-state index is 14.0. The molecule has 3 N–H and O–H groups in total. The summed E-state index contributed by atoms with van der Waals surface area (Å²) in [5.41, 5.74) is 1.43. The van der Waals surface area contributed by atoms with Crippen molar-refractivity contribution in [3.8, 4) is 16.9 Å². The smallest absolute Gasteiger partial charge is 0.418 e. The minimum Gasteiger partial charge on any atom is -0.506 e. The normalized spacial score (nSPS) is 13.4. The number of thioether (sulfide) groups is 1. The number of rotatable bonds is 11. The number of pyridine rings is 1. The topological polar surface area (TPSA) is 132 Å². The first-order chi connectivity index (χ1) is 27.4. The zero-order valence-electron chi connectivity index (χ0n) is 30.2. The van der Waals surface area contributed by atoms with Gasteiger partial charge in [0.15, 0.2) is 0 Å². The summed E-state index contributed by atoms with van der Waals surface area (Å²) in [6.45, 7) is 2.03. The van der Waals surface area contributed by atoms with Crippen molar-refractivity contribution in [2.24, 2.45) is 0 Å². The molecule has 1 aliphatic rings. The number of carbonyl (C=O) groups excluding carboxylic acids is 2. The Labute approximate surface area is 331 Å². The van der Waals surface area contributed by atoms with E-state index in [9.17, 15) is 36.3 Å². The molecule has 57 heavy (non-hydrogen) atoms. The molecule has 0 radical (unpaired) electrons. The maximum Gasteiger partial charge on any atom is 0.418 e. The van der Waals surface area contributed by atoms with Gasteiger partial charge in [-0.25, -0.2) is 13.1 Å². The molecule has 0 spiro atoms. The Morgan fingerprint density at radius 3 is 2.21 bits per heavy atom. The second-order valence-corrected chi connectivity index (χ2v) is 16.0. The van der Waals surface area contributed by atoms with Gasteiger partial charge in [-0.3, -0.25) is 14.6 Å². The Morgan fingerprint density at radius 2 is 1.51 bits per heavy atom. The van der Waals surface area contributed by atoms with E-state index < -0.39 is 32.6 Å². The average molecular weight is 812 g/mol. The van der Waals surface area contributed by atoms with E-state index in [1.165, 1.54) is 30.1 Å². The van der Waals surface area contributed by atoms with Crippen molar-refractivity contribution in [2.45, 2.75) is 16.0 Å². The molecule has 0 atom stereocenters. The lowest BCUT2D eigenvalue weighted by atomic mass is 9.95. The lowest BCUT2D eigenvalue weighted by Crippen LogP contribution is -2.48. The van der Waals surface area contributed by atoms with Crippen molar-refractivity contribution in [2.75, 3.05) is 48.7 Å². The highest BCUT2D eigenvalue weighted by molar-refractivity contribution is 7.99. The van der Waals surface area contributed by atoms with Crippen molar-refractivity contribution in [1.82, 2.24) is 14.6 Å². The van der Waals surface area contributed by atoms with Gasteiger partial charge in [0.2, 0.25) is 0 Å². The fraction of sp³-hybridized carbons (Fsp3) is 0.167. The number of aromatic nitrogens is 1. The highest BCUT2D eigenvalue weighted by Gasteiger charge is 2.35. The fourth-order valence-electron chi connectivity index (χ4n) is 6.66. The number of halogens is 3.